The second kappa shape index (κ2) is 9.54. The minimum atomic E-state index is -4.69. The van der Waals surface area contributed by atoms with Gasteiger partial charge in [0.2, 0.25) is 0 Å². The fourth-order valence-electron chi connectivity index (χ4n) is 3.25. The second-order valence-corrected chi connectivity index (χ2v) is 6.46. The zero-order valence-corrected chi connectivity index (χ0v) is 15.5. The molecule has 0 aliphatic heterocycles. The Bertz CT molecular complexity index is 684. The Morgan fingerprint density at radius 1 is 1.18 bits per heavy atom. The van der Waals surface area contributed by atoms with Gasteiger partial charge in [-0.15, -0.1) is 13.2 Å². The van der Waals surface area contributed by atoms with E-state index < -0.39 is 12.3 Å². The van der Waals surface area contributed by atoms with Crippen molar-refractivity contribution in [1.82, 2.24) is 10.7 Å². The average molecular weight is 402 g/mol. The monoisotopic (exact) mass is 402 g/mol. The van der Waals surface area contributed by atoms with Crippen molar-refractivity contribution in [3.05, 3.63) is 41.3 Å². The van der Waals surface area contributed by atoms with Gasteiger partial charge in [0, 0.05) is 6.04 Å². The van der Waals surface area contributed by atoms with Gasteiger partial charge in [0.05, 0.1) is 6.61 Å². The van der Waals surface area contributed by atoms with Crippen molar-refractivity contribution in [3.63, 3.8) is 0 Å². The summed E-state index contributed by atoms with van der Waals surface area (Å²) in [7, 11) is 0. The summed E-state index contributed by atoms with van der Waals surface area (Å²) in [5, 5.41) is 3.09. The maximum absolute atomic E-state index is 12.2. The number of ether oxygens (including phenoxy) is 2. The smallest absolute Gasteiger partial charge is 0.461 e. The van der Waals surface area contributed by atoms with E-state index in [1.165, 1.54) is 12.1 Å². The number of rotatable bonds is 7. The van der Waals surface area contributed by atoms with Crippen LogP contribution in [0, 0.1) is 0 Å². The lowest BCUT2D eigenvalue weighted by molar-refractivity contribution is -0.274. The molecule has 1 aliphatic rings. The third kappa shape index (κ3) is 6.22. The van der Waals surface area contributed by atoms with E-state index in [2.05, 4.69) is 15.5 Å². The van der Waals surface area contributed by atoms with Crippen LogP contribution in [0.1, 0.15) is 44.1 Å². The highest BCUT2D eigenvalue weighted by molar-refractivity contribution is 5.88. The van der Waals surface area contributed by atoms with Gasteiger partial charge >= 0.3 is 12.3 Å². The van der Waals surface area contributed by atoms with Crippen molar-refractivity contribution in [3.8, 4) is 5.75 Å². The molecule has 0 heterocycles. The Balaban J connectivity index is 1.91. The summed E-state index contributed by atoms with van der Waals surface area (Å²) in [5.74, 6) is 4.84. The van der Waals surface area contributed by atoms with E-state index in [4.69, 9.17) is 16.3 Å². The highest BCUT2D eigenvalue weighted by Crippen LogP contribution is 2.34. The number of carbonyl (C=O) groups excluding carboxylic acids is 1. The molecular formula is C18H25F3N4O3. The fourth-order valence-corrected chi connectivity index (χ4v) is 3.25. The molecule has 0 saturated heterocycles. The molecule has 6 N–H and O–H groups in total. The van der Waals surface area contributed by atoms with E-state index in [0.29, 0.717) is 0 Å². The van der Waals surface area contributed by atoms with Gasteiger partial charge in [-0.25, -0.2) is 4.79 Å². The number of alkyl halides is 3. The minimum absolute atomic E-state index is 0.0239. The summed E-state index contributed by atoms with van der Waals surface area (Å²) in [6.07, 6.45) is -1.47. The van der Waals surface area contributed by atoms with Crippen molar-refractivity contribution in [2.75, 3.05) is 6.61 Å². The zero-order valence-electron chi connectivity index (χ0n) is 15.5. The van der Waals surface area contributed by atoms with Crippen molar-refractivity contribution < 1.29 is 27.4 Å². The van der Waals surface area contributed by atoms with Crippen molar-refractivity contribution in [2.45, 2.75) is 50.9 Å². The van der Waals surface area contributed by atoms with Crippen molar-refractivity contribution >= 4 is 5.97 Å². The molecule has 7 nitrogen and oxygen atoms in total. The standard InChI is InChI=1S/C18H25F3N4O3/c1-2-27-17(26)15(25-23)16(22)24-13-7-3-11(4-8-13)12-5-9-14(10-6-12)28-18(19,20)21/h5-6,9-11,13,24-25H,2-4,7-8,22-23H2,1H3/b16-15+/t11-,13+. The van der Waals surface area contributed by atoms with Crippen molar-refractivity contribution in [2.24, 2.45) is 11.6 Å². The van der Waals surface area contributed by atoms with Crippen LogP contribution in [0.5, 0.6) is 5.75 Å². The Kier molecular flexibility index (Phi) is 7.38. The number of nitrogens with one attached hydrogen (secondary N) is 2. The summed E-state index contributed by atoms with van der Waals surface area (Å²) in [4.78, 5) is 11.8. The molecule has 10 heteroatoms. The summed E-state index contributed by atoms with van der Waals surface area (Å²) < 4.78 is 45.5. The lowest BCUT2D eigenvalue weighted by Gasteiger charge is -2.30. The molecule has 1 saturated carbocycles. The van der Waals surface area contributed by atoms with Crippen LogP contribution >= 0.6 is 0 Å². The molecule has 0 radical (unpaired) electrons. The molecule has 1 aliphatic carbocycles. The summed E-state index contributed by atoms with van der Waals surface area (Å²) in [6, 6.07) is 6.02. The molecule has 2 rings (SSSR count). The Hall–Kier alpha value is -2.62. The second-order valence-electron chi connectivity index (χ2n) is 6.46. The topological polar surface area (TPSA) is 112 Å². The third-order valence-electron chi connectivity index (χ3n) is 4.57. The van der Waals surface area contributed by atoms with E-state index in [1.807, 2.05) is 0 Å². The van der Waals surface area contributed by atoms with Crippen LogP contribution in [-0.4, -0.2) is 25.0 Å². The fraction of sp³-hybridized carbons (Fsp3) is 0.500. The number of esters is 1. The molecule has 0 spiro atoms. The van der Waals surface area contributed by atoms with Gasteiger partial charge < -0.3 is 25.9 Å². The van der Waals surface area contributed by atoms with Gasteiger partial charge in [0.15, 0.2) is 5.70 Å². The van der Waals surface area contributed by atoms with Gasteiger partial charge in [-0.1, -0.05) is 12.1 Å². The van der Waals surface area contributed by atoms with Gasteiger partial charge in [0.25, 0.3) is 0 Å². The summed E-state index contributed by atoms with van der Waals surface area (Å²) in [5.41, 5.74) is 9.12. The Morgan fingerprint density at radius 3 is 2.29 bits per heavy atom. The predicted octanol–water partition coefficient (Wildman–Crippen LogP) is 2.36. The van der Waals surface area contributed by atoms with E-state index in [-0.39, 0.29) is 35.8 Å². The molecule has 1 aromatic carbocycles. The molecular weight excluding hydrogens is 377 g/mol. The quantitative estimate of drug-likeness (QED) is 0.240. The van der Waals surface area contributed by atoms with Gasteiger partial charge in [-0.05, 0) is 56.2 Å². The van der Waals surface area contributed by atoms with Crippen LogP contribution in [0.15, 0.2) is 35.8 Å². The maximum Gasteiger partial charge on any atom is 0.573 e. The minimum Gasteiger partial charge on any atom is -0.461 e. The first-order valence-electron chi connectivity index (χ1n) is 8.99. The van der Waals surface area contributed by atoms with Crippen LogP contribution < -0.4 is 27.1 Å². The molecule has 0 amide bonds. The normalized spacial score (nSPS) is 20.8. The summed E-state index contributed by atoms with van der Waals surface area (Å²) in [6.45, 7) is 1.88. The number of halogens is 3. The van der Waals surface area contributed by atoms with Crippen molar-refractivity contribution in [1.29, 1.82) is 0 Å². The third-order valence-corrected chi connectivity index (χ3v) is 4.57. The molecule has 28 heavy (non-hydrogen) atoms. The molecule has 0 aromatic heterocycles. The van der Waals surface area contributed by atoms with E-state index >= 15 is 0 Å². The molecule has 0 bridgehead atoms. The SMILES string of the molecule is CCOC(=O)/C(NN)=C(/N)N[C@H]1CC[C@@H](c2ccc(OC(F)(F)F)cc2)CC1. The highest BCUT2D eigenvalue weighted by Gasteiger charge is 2.31. The number of hydrogen-bond donors (Lipinski definition) is 4. The van der Waals surface area contributed by atoms with Gasteiger partial charge in [-0.2, -0.15) is 0 Å². The number of carbonyl (C=O) groups is 1. The number of nitrogens with two attached hydrogens (primary N) is 2. The number of benzene rings is 1. The number of hydrazine groups is 1. The molecule has 156 valence electrons. The molecule has 1 fully saturated rings. The van der Waals surface area contributed by atoms with Gasteiger partial charge in [-0.3, -0.25) is 5.84 Å². The highest BCUT2D eigenvalue weighted by atomic mass is 19.4. The first-order valence-corrected chi connectivity index (χ1v) is 8.99. The molecule has 0 atom stereocenters. The van der Waals surface area contributed by atoms with Gasteiger partial charge in [0.1, 0.15) is 11.6 Å². The maximum atomic E-state index is 12.2. The van der Waals surface area contributed by atoms with Crippen LogP contribution in [0.2, 0.25) is 0 Å². The van der Waals surface area contributed by atoms with E-state index in [9.17, 15) is 18.0 Å². The van der Waals surface area contributed by atoms with Crippen LogP contribution in [0.25, 0.3) is 0 Å². The lowest BCUT2D eigenvalue weighted by Crippen LogP contribution is -2.40. The van der Waals surface area contributed by atoms with E-state index in [1.54, 1.807) is 19.1 Å². The molecule has 0 unspecified atom stereocenters. The van der Waals surface area contributed by atoms with Crippen LogP contribution in [0.3, 0.4) is 0 Å². The summed E-state index contributed by atoms with van der Waals surface area (Å²) >= 11 is 0. The first kappa shape index (κ1) is 21.7. The zero-order chi connectivity index (χ0) is 20.7. The predicted molar refractivity (Wildman–Crippen MR) is 96.4 cm³/mol. The lowest BCUT2D eigenvalue weighted by atomic mass is 9.82. The Morgan fingerprint density at radius 2 is 1.79 bits per heavy atom. The van der Waals surface area contributed by atoms with Crippen LogP contribution in [-0.2, 0) is 9.53 Å². The van der Waals surface area contributed by atoms with Crippen LogP contribution in [0.4, 0.5) is 13.2 Å². The largest absolute Gasteiger partial charge is 0.573 e. The first-order chi connectivity index (χ1) is 13.2. The van der Waals surface area contributed by atoms with E-state index in [0.717, 1.165) is 31.2 Å². The molecule has 1 aromatic rings. The Labute approximate surface area is 161 Å². The average Bonchev–Trinajstić information content (AvgIpc) is 2.62. The number of hydrogen-bond acceptors (Lipinski definition) is 7.